The maximum absolute atomic E-state index is 4.26. The second-order valence-electron chi connectivity index (χ2n) is 6.45. The monoisotopic (exact) mass is 293 g/mol. The number of aromatic nitrogens is 2. The highest BCUT2D eigenvalue weighted by Crippen LogP contribution is 2.15. The molecule has 0 amide bonds. The van der Waals surface area contributed by atoms with Crippen LogP contribution in [0.2, 0.25) is 0 Å². The van der Waals surface area contributed by atoms with Crippen molar-refractivity contribution in [1.82, 2.24) is 24.9 Å². The van der Waals surface area contributed by atoms with Gasteiger partial charge in [0.25, 0.3) is 0 Å². The molecule has 0 spiro atoms. The van der Waals surface area contributed by atoms with E-state index in [-0.39, 0.29) is 0 Å². The van der Waals surface area contributed by atoms with Crippen molar-refractivity contribution in [3.8, 4) is 0 Å². The second kappa shape index (κ2) is 7.92. The number of piperazine rings is 1. The van der Waals surface area contributed by atoms with Gasteiger partial charge in [-0.05, 0) is 45.5 Å². The summed E-state index contributed by atoms with van der Waals surface area (Å²) in [5.41, 5.74) is 1.34. The van der Waals surface area contributed by atoms with Crippen molar-refractivity contribution < 1.29 is 0 Å². The summed E-state index contributed by atoms with van der Waals surface area (Å²) in [6.45, 7) is 6.81. The van der Waals surface area contributed by atoms with Gasteiger partial charge >= 0.3 is 0 Å². The van der Waals surface area contributed by atoms with Crippen LogP contribution in [-0.4, -0.2) is 71.9 Å². The van der Waals surface area contributed by atoms with Gasteiger partial charge in [-0.1, -0.05) is 6.92 Å². The van der Waals surface area contributed by atoms with E-state index in [1.807, 2.05) is 17.9 Å². The van der Waals surface area contributed by atoms with Crippen LogP contribution in [0.5, 0.6) is 0 Å². The van der Waals surface area contributed by atoms with E-state index in [9.17, 15) is 0 Å². The van der Waals surface area contributed by atoms with Crippen LogP contribution < -0.4 is 5.32 Å². The Balaban J connectivity index is 1.85. The largest absolute Gasteiger partial charge is 0.314 e. The third-order valence-corrected chi connectivity index (χ3v) is 4.57. The third kappa shape index (κ3) is 5.09. The molecule has 1 aliphatic heterocycles. The number of likely N-dealkylation sites (N-methyl/N-ethyl adjacent to an activating group) is 2. The van der Waals surface area contributed by atoms with Gasteiger partial charge in [-0.2, -0.15) is 5.10 Å². The van der Waals surface area contributed by atoms with Gasteiger partial charge in [-0.25, -0.2) is 0 Å². The van der Waals surface area contributed by atoms with E-state index < -0.39 is 0 Å². The lowest BCUT2D eigenvalue weighted by molar-refractivity contribution is 0.100. The standard InChI is InChI=1S/C16H31N5/c1-5-17-15(7-6-14-11-18-21(4)12-14)10-16-13-19(2)8-9-20(16)3/h11-12,15-17H,5-10,13H2,1-4H3. The van der Waals surface area contributed by atoms with E-state index in [0.717, 1.165) is 13.0 Å². The molecule has 5 nitrogen and oxygen atoms in total. The topological polar surface area (TPSA) is 36.3 Å². The molecular weight excluding hydrogens is 262 g/mol. The smallest absolute Gasteiger partial charge is 0.0521 e. The molecule has 5 heteroatoms. The average Bonchev–Trinajstić information content (AvgIpc) is 2.86. The van der Waals surface area contributed by atoms with Crippen LogP contribution in [0.3, 0.4) is 0 Å². The molecule has 1 saturated heterocycles. The van der Waals surface area contributed by atoms with Crippen LogP contribution >= 0.6 is 0 Å². The molecule has 1 aliphatic rings. The van der Waals surface area contributed by atoms with E-state index in [1.165, 1.54) is 38.0 Å². The molecule has 21 heavy (non-hydrogen) atoms. The highest BCUT2D eigenvalue weighted by Gasteiger charge is 2.24. The average molecular weight is 293 g/mol. The first-order valence-electron chi connectivity index (χ1n) is 8.18. The summed E-state index contributed by atoms with van der Waals surface area (Å²) < 4.78 is 1.89. The molecular formula is C16H31N5. The van der Waals surface area contributed by atoms with E-state index in [2.05, 4.69) is 47.4 Å². The molecule has 1 aromatic heterocycles. The molecule has 2 heterocycles. The number of rotatable bonds is 7. The van der Waals surface area contributed by atoms with Crippen molar-refractivity contribution >= 4 is 0 Å². The van der Waals surface area contributed by atoms with Crippen LogP contribution in [0.25, 0.3) is 0 Å². The number of hydrogen-bond donors (Lipinski definition) is 1. The van der Waals surface area contributed by atoms with Gasteiger partial charge < -0.3 is 15.1 Å². The molecule has 0 aromatic carbocycles. The Bertz CT molecular complexity index is 417. The molecule has 0 saturated carbocycles. The predicted octanol–water partition coefficient (Wildman–Crippen LogP) is 0.967. The van der Waals surface area contributed by atoms with Crippen molar-refractivity contribution in [2.75, 3.05) is 40.3 Å². The Labute approximate surface area is 129 Å². The van der Waals surface area contributed by atoms with Crippen LogP contribution in [0.15, 0.2) is 12.4 Å². The summed E-state index contributed by atoms with van der Waals surface area (Å²) >= 11 is 0. The van der Waals surface area contributed by atoms with E-state index >= 15 is 0 Å². The Kier molecular flexibility index (Phi) is 6.21. The van der Waals surface area contributed by atoms with Crippen LogP contribution in [0.4, 0.5) is 0 Å². The Hall–Kier alpha value is -0.910. The molecule has 1 aromatic rings. The van der Waals surface area contributed by atoms with Gasteiger partial charge in [0, 0.05) is 45.0 Å². The minimum absolute atomic E-state index is 0.592. The van der Waals surface area contributed by atoms with Crippen LogP contribution in [-0.2, 0) is 13.5 Å². The lowest BCUT2D eigenvalue weighted by Gasteiger charge is -2.39. The third-order valence-electron chi connectivity index (χ3n) is 4.57. The Morgan fingerprint density at radius 2 is 2.14 bits per heavy atom. The number of aryl methyl sites for hydroxylation is 2. The summed E-state index contributed by atoms with van der Waals surface area (Å²) in [6.07, 6.45) is 7.65. The van der Waals surface area contributed by atoms with Gasteiger partial charge in [0.05, 0.1) is 6.20 Å². The van der Waals surface area contributed by atoms with Crippen LogP contribution in [0, 0.1) is 0 Å². The summed E-state index contributed by atoms with van der Waals surface area (Å²) in [4.78, 5) is 4.98. The van der Waals surface area contributed by atoms with Gasteiger partial charge in [-0.3, -0.25) is 4.68 Å². The number of hydrogen-bond acceptors (Lipinski definition) is 4. The quantitative estimate of drug-likeness (QED) is 0.813. The first-order chi connectivity index (χ1) is 10.1. The molecule has 2 rings (SSSR count). The zero-order valence-corrected chi connectivity index (χ0v) is 14.0. The zero-order valence-electron chi connectivity index (χ0n) is 14.0. The zero-order chi connectivity index (χ0) is 15.2. The first kappa shape index (κ1) is 16.5. The van der Waals surface area contributed by atoms with Crippen molar-refractivity contribution in [2.45, 2.75) is 38.3 Å². The maximum atomic E-state index is 4.26. The molecule has 2 atom stereocenters. The fraction of sp³-hybridized carbons (Fsp3) is 0.812. The highest BCUT2D eigenvalue weighted by molar-refractivity contribution is 5.04. The first-order valence-corrected chi connectivity index (χ1v) is 8.18. The SMILES string of the molecule is CCNC(CCc1cnn(C)c1)CC1CN(C)CCN1C. The van der Waals surface area contributed by atoms with Crippen molar-refractivity contribution in [2.24, 2.45) is 7.05 Å². The van der Waals surface area contributed by atoms with Crippen molar-refractivity contribution in [3.63, 3.8) is 0 Å². The lowest BCUT2D eigenvalue weighted by Crippen LogP contribution is -2.52. The molecule has 120 valence electrons. The Morgan fingerprint density at radius 1 is 1.33 bits per heavy atom. The second-order valence-corrected chi connectivity index (χ2v) is 6.45. The molecule has 1 fully saturated rings. The summed E-state index contributed by atoms with van der Waals surface area (Å²) in [7, 11) is 6.48. The highest BCUT2D eigenvalue weighted by atomic mass is 15.3. The Morgan fingerprint density at radius 3 is 2.81 bits per heavy atom. The van der Waals surface area contributed by atoms with Gasteiger partial charge in [-0.15, -0.1) is 0 Å². The van der Waals surface area contributed by atoms with Gasteiger partial charge in [0.15, 0.2) is 0 Å². The van der Waals surface area contributed by atoms with Crippen LogP contribution in [0.1, 0.15) is 25.3 Å². The van der Waals surface area contributed by atoms with E-state index in [4.69, 9.17) is 0 Å². The predicted molar refractivity (Wildman–Crippen MR) is 87.5 cm³/mol. The lowest BCUT2D eigenvalue weighted by atomic mass is 9.98. The fourth-order valence-electron chi connectivity index (χ4n) is 3.22. The van der Waals surface area contributed by atoms with Crippen molar-refractivity contribution in [1.29, 1.82) is 0 Å². The minimum Gasteiger partial charge on any atom is -0.314 e. The summed E-state index contributed by atoms with van der Waals surface area (Å²) in [5, 5.41) is 7.93. The number of nitrogens with zero attached hydrogens (tertiary/aromatic N) is 4. The molecule has 0 bridgehead atoms. The van der Waals surface area contributed by atoms with Gasteiger partial charge in [0.2, 0.25) is 0 Å². The minimum atomic E-state index is 0.592. The fourth-order valence-corrected chi connectivity index (χ4v) is 3.22. The normalized spacial score (nSPS) is 22.6. The molecule has 1 N–H and O–H groups in total. The van der Waals surface area contributed by atoms with E-state index in [1.54, 1.807) is 0 Å². The maximum Gasteiger partial charge on any atom is 0.0521 e. The molecule has 0 aliphatic carbocycles. The van der Waals surface area contributed by atoms with Gasteiger partial charge in [0.1, 0.15) is 0 Å². The molecule has 0 radical (unpaired) electrons. The molecule has 2 unspecified atom stereocenters. The summed E-state index contributed by atoms with van der Waals surface area (Å²) in [5.74, 6) is 0. The van der Waals surface area contributed by atoms with Crippen molar-refractivity contribution in [3.05, 3.63) is 18.0 Å². The number of nitrogens with one attached hydrogen (secondary N) is 1. The van der Waals surface area contributed by atoms with E-state index in [0.29, 0.717) is 12.1 Å². The summed E-state index contributed by atoms with van der Waals surface area (Å²) in [6, 6.07) is 1.26.